The summed E-state index contributed by atoms with van der Waals surface area (Å²) in [7, 11) is 0. The molecule has 17 heavy (non-hydrogen) atoms. The van der Waals surface area contributed by atoms with E-state index in [0.717, 1.165) is 5.56 Å². The topological polar surface area (TPSA) is 17.1 Å². The molecule has 0 N–H and O–H groups in total. The molecule has 1 atom stereocenters. The van der Waals surface area contributed by atoms with E-state index in [-0.39, 0.29) is 17.3 Å². The van der Waals surface area contributed by atoms with Gasteiger partial charge in [0.25, 0.3) is 0 Å². The van der Waals surface area contributed by atoms with Gasteiger partial charge in [-0.1, -0.05) is 45.0 Å². The highest BCUT2D eigenvalue weighted by Crippen LogP contribution is 2.34. The molecular formula is C13H15F3O. The molecule has 1 rings (SSSR count). The standard InChI is InChI=1S/C13H15F3O/c1-12(2,3)10-6-4-9(5-7-10)11(8-17)13(14,15)16/h4-8,11H,1-3H3. The number of alkyl halides is 3. The monoisotopic (exact) mass is 244 g/mol. The van der Waals surface area contributed by atoms with Crippen molar-refractivity contribution in [2.45, 2.75) is 38.3 Å². The third-order valence-electron chi connectivity index (χ3n) is 2.62. The van der Waals surface area contributed by atoms with Crippen molar-refractivity contribution in [3.63, 3.8) is 0 Å². The van der Waals surface area contributed by atoms with Crippen LogP contribution in [-0.4, -0.2) is 12.5 Å². The van der Waals surface area contributed by atoms with Gasteiger partial charge >= 0.3 is 6.18 Å². The van der Waals surface area contributed by atoms with Gasteiger partial charge in [-0.15, -0.1) is 0 Å². The third-order valence-corrected chi connectivity index (χ3v) is 2.62. The van der Waals surface area contributed by atoms with Gasteiger partial charge in [-0.25, -0.2) is 0 Å². The van der Waals surface area contributed by atoms with Crippen molar-refractivity contribution in [3.8, 4) is 0 Å². The van der Waals surface area contributed by atoms with Crippen molar-refractivity contribution in [3.05, 3.63) is 35.4 Å². The van der Waals surface area contributed by atoms with E-state index in [4.69, 9.17) is 0 Å². The van der Waals surface area contributed by atoms with E-state index in [9.17, 15) is 18.0 Å². The lowest BCUT2D eigenvalue weighted by molar-refractivity contribution is -0.155. The molecule has 0 saturated heterocycles. The predicted molar refractivity (Wildman–Crippen MR) is 60.0 cm³/mol. The molecule has 0 saturated carbocycles. The summed E-state index contributed by atoms with van der Waals surface area (Å²) in [6, 6.07) is 6.01. The van der Waals surface area contributed by atoms with Gasteiger partial charge in [0.2, 0.25) is 0 Å². The summed E-state index contributed by atoms with van der Waals surface area (Å²) in [4.78, 5) is 10.5. The summed E-state index contributed by atoms with van der Waals surface area (Å²) < 4.78 is 37.5. The number of hydrogen-bond acceptors (Lipinski definition) is 1. The van der Waals surface area contributed by atoms with Gasteiger partial charge in [-0.2, -0.15) is 13.2 Å². The fourth-order valence-electron chi connectivity index (χ4n) is 1.54. The van der Waals surface area contributed by atoms with Crippen LogP contribution in [-0.2, 0) is 10.2 Å². The molecule has 0 heterocycles. The minimum Gasteiger partial charge on any atom is -0.302 e. The van der Waals surface area contributed by atoms with Gasteiger partial charge in [-0.3, -0.25) is 0 Å². The van der Waals surface area contributed by atoms with Crippen LogP contribution in [0.2, 0.25) is 0 Å². The van der Waals surface area contributed by atoms with E-state index in [1.54, 1.807) is 12.1 Å². The van der Waals surface area contributed by atoms with Crippen LogP contribution in [0.15, 0.2) is 24.3 Å². The van der Waals surface area contributed by atoms with E-state index >= 15 is 0 Å². The maximum atomic E-state index is 12.5. The van der Waals surface area contributed by atoms with Gasteiger partial charge in [0.1, 0.15) is 12.2 Å². The highest BCUT2D eigenvalue weighted by atomic mass is 19.4. The molecule has 1 nitrogen and oxygen atoms in total. The van der Waals surface area contributed by atoms with Gasteiger partial charge in [-0.05, 0) is 16.5 Å². The number of benzene rings is 1. The van der Waals surface area contributed by atoms with E-state index < -0.39 is 12.1 Å². The Kier molecular flexibility index (Phi) is 3.65. The molecule has 0 amide bonds. The quantitative estimate of drug-likeness (QED) is 0.722. The van der Waals surface area contributed by atoms with Crippen LogP contribution in [0.1, 0.15) is 37.8 Å². The average molecular weight is 244 g/mol. The van der Waals surface area contributed by atoms with Crippen LogP contribution in [0.5, 0.6) is 0 Å². The number of carbonyl (C=O) groups is 1. The molecule has 1 aromatic carbocycles. The van der Waals surface area contributed by atoms with Crippen LogP contribution in [0.3, 0.4) is 0 Å². The van der Waals surface area contributed by atoms with E-state index in [1.807, 2.05) is 20.8 Å². The summed E-state index contributed by atoms with van der Waals surface area (Å²) in [5.74, 6) is -2.03. The molecule has 94 valence electrons. The first kappa shape index (κ1) is 13.7. The van der Waals surface area contributed by atoms with Crippen LogP contribution in [0.25, 0.3) is 0 Å². The smallest absolute Gasteiger partial charge is 0.302 e. The zero-order valence-corrected chi connectivity index (χ0v) is 10.0. The Hall–Kier alpha value is -1.32. The van der Waals surface area contributed by atoms with Gasteiger partial charge in [0.15, 0.2) is 0 Å². The maximum Gasteiger partial charge on any atom is 0.402 e. The molecule has 1 unspecified atom stereocenters. The largest absolute Gasteiger partial charge is 0.402 e. The number of rotatable bonds is 2. The first-order chi connectivity index (χ1) is 7.66. The lowest BCUT2D eigenvalue weighted by Crippen LogP contribution is -2.22. The van der Waals surface area contributed by atoms with Crippen molar-refractivity contribution in [2.75, 3.05) is 0 Å². The Bertz CT molecular complexity index is 385. The second-order valence-corrected chi connectivity index (χ2v) is 5.03. The molecule has 4 heteroatoms. The highest BCUT2D eigenvalue weighted by Gasteiger charge is 2.40. The molecular weight excluding hydrogens is 229 g/mol. The summed E-state index contributed by atoms with van der Waals surface area (Å²) in [6.45, 7) is 5.93. The van der Waals surface area contributed by atoms with Crippen molar-refractivity contribution < 1.29 is 18.0 Å². The first-order valence-corrected chi connectivity index (χ1v) is 5.28. The fraction of sp³-hybridized carbons (Fsp3) is 0.462. The molecule has 0 spiro atoms. The predicted octanol–water partition coefficient (Wildman–Crippen LogP) is 3.83. The van der Waals surface area contributed by atoms with Gasteiger partial charge < -0.3 is 4.79 Å². The van der Waals surface area contributed by atoms with Crippen molar-refractivity contribution >= 4 is 6.29 Å². The number of carbonyl (C=O) groups excluding carboxylic acids is 1. The Morgan fingerprint density at radius 1 is 1.06 bits per heavy atom. The summed E-state index contributed by atoms with van der Waals surface area (Å²) in [5, 5.41) is 0. The molecule has 0 aliphatic carbocycles. The Labute approximate surface area is 98.6 Å². The second-order valence-electron chi connectivity index (χ2n) is 5.03. The number of halogens is 3. The average Bonchev–Trinajstić information content (AvgIpc) is 2.16. The summed E-state index contributed by atoms with van der Waals surface area (Å²) in [5.41, 5.74) is 0.807. The van der Waals surface area contributed by atoms with Gasteiger partial charge in [0, 0.05) is 0 Å². The summed E-state index contributed by atoms with van der Waals surface area (Å²) in [6.07, 6.45) is -4.59. The molecule has 1 aromatic rings. The third kappa shape index (κ3) is 3.32. The van der Waals surface area contributed by atoms with Crippen LogP contribution in [0.4, 0.5) is 13.2 Å². The zero-order chi connectivity index (χ0) is 13.3. The lowest BCUT2D eigenvalue weighted by Gasteiger charge is -2.20. The van der Waals surface area contributed by atoms with Crippen molar-refractivity contribution in [2.24, 2.45) is 0 Å². The molecule has 0 radical (unpaired) electrons. The highest BCUT2D eigenvalue weighted by molar-refractivity contribution is 5.63. The molecule has 0 bridgehead atoms. The number of aldehydes is 1. The Morgan fingerprint density at radius 3 is 1.82 bits per heavy atom. The fourth-order valence-corrected chi connectivity index (χ4v) is 1.54. The summed E-state index contributed by atoms with van der Waals surface area (Å²) >= 11 is 0. The van der Waals surface area contributed by atoms with Crippen molar-refractivity contribution in [1.82, 2.24) is 0 Å². The van der Waals surface area contributed by atoms with E-state index in [0.29, 0.717) is 0 Å². The molecule has 0 aliphatic heterocycles. The van der Waals surface area contributed by atoms with Crippen molar-refractivity contribution in [1.29, 1.82) is 0 Å². The SMILES string of the molecule is CC(C)(C)c1ccc(C(C=O)C(F)(F)F)cc1. The minimum atomic E-state index is -4.52. The minimum absolute atomic E-state index is 0.0134. The normalized spacial score (nSPS) is 14.5. The van der Waals surface area contributed by atoms with Crippen LogP contribution >= 0.6 is 0 Å². The molecule has 0 aliphatic rings. The van der Waals surface area contributed by atoms with E-state index in [1.165, 1.54) is 12.1 Å². The number of hydrogen-bond donors (Lipinski definition) is 0. The molecule has 0 fully saturated rings. The second kappa shape index (κ2) is 4.51. The van der Waals surface area contributed by atoms with Crippen LogP contribution in [0, 0.1) is 0 Å². The molecule has 0 aromatic heterocycles. The van der Waals surface area contributed by atoms with Crippen LogP contribution < -0.4 is 0 Å². The first-order valence-electron chi connectivity index (χ1n) is 5.28. The zero-order valence-electron chi connectivity index (χ0n) is 10.0. The lowest BCUT2D eigenvalue weighted by atomic mass is 9.85. The van der Waals surface area contributed by atoms with Gasteiger partial charge in [0.05, 0.1) is 0 Å². The Balaban J connectivity index is 3.06. The Morgan fingerprint density at radius 2 is 1.53 bits per heavy atom. The van der Waals surface area contributed by atoms with E-state index in [2.05, 4.69) is 0 Å². The maximum absolute atomic E-state index is 12.5.